The number of rotatable bonds is 6. The van der Waals surface area contributed by atoms with Gasteiger partial charge in [-0.1, -0.05) is 19.1 Å². The fourth-order valence-corrected chi connectivity index (χ4v) is 1.60. The van der Waals surface area contributed by atoms with Crippen molar-refractivity contribution in [1.29, 1.82) is 0 Å². The molecule has 1 atom stereocenters. The smallest absolute Gasteiger partial charge is 0.269 e. The number of benzene rings is 1. The lowest BCUT2D eigenvalue weighted by Gasteiger charge is -2.10. The molecule has 1 amide bonds. The van der Waals surface area contributed by atoms with Gasteiger partial charge in [-0.05, 0) is 11.5 Å². The van der Waals surface area contributed by atoms with E-state index in [9.17, 15) is 14.9 Å². The van der Waals surface area contributed by atoms with Gasteiger partial charge in [-0.2, -0.15) is 5.10 Å². The third kappa shape index (κ3) is 5.05. The molecule has 0 fully saturated rings. The van der Waals surface area contributed by atoms with Gasteiger partial charge in [-0.15, -0.1) is 0 Å². The Morgan fingerprint density at radius 3 is 2.85 bits per heavy atom. The monoisotopic (exact) mass is 278 g/mol. The molecular weight excluding hydrogens is 260 g/mol. The zero-order chi connectivity index (χ0) is 15.1. The molecule has 1 unspecified atom stereocenters. The zero-order valence-electron chi connectivity index (χ0n) is 11.7. The first kappa shape index (κ1) is 15.6. The van der Waals surface area contributed by atoms with E-state index in [0.29, 0.717) is 0 Å². The summed E-state index contributed by atoms with van der Waals surface area (Å²) in [6.07, 6.45) is 1.70. The summed E-state index contributed by atoms with van der Waals surface area (Å²) in [6.45, 7) is 1.84. The fraction of sp³-hybridized carbons (Fsp3) is 0.385. The van der Waals surface area contributed by atoms with Crippen molar-refractivity contribution in [1.82, 2.24) is 10.3 Å². The number of amides is 1. The minimum absolute atomic E-state index is 0.0281. The summed E-state index contributed by atoms with van der Waals surface area (Å²) in [5, 5.41) is 14.5. The molecule has 0 saturated carbocycles. The van der Waals surface area contributed by atoms with Crippen LogP contribution in [-0.4, -0.2) is 36.2 Å². The molecule has 0 aromatic heterocycles. The van der Waals surface area contributed by atoms with Gasteiger partial charge in [0.15, 0.2) is 0 Å². The Bertz CT molecular complexity index is 514. The lowest BCUT2D eigenvalue weighted by molar-refractivity contribution is -0.384. The summed E-state index contributed by atoms with van der Waals surface area (Å²) in [5.74, 6) is -0.355. The van der Waals surface area contributed by atoms with E-state index in [1.165, 1.54) is 18.5 Å². The summed E-state index contributed by atoms with van der Waals surface area (Å²) in [6, 6.07) is 6.30. The summed E-state index contributed by atoms with van der Waals surface area (Å²) in [5.41, 5.74) is 3.19. The number of nitrogens with one attached hydrogen (secondary N) is 1. The number of nitrogens with zero attached hydrogens (tertiary/aromatic N) is 3. The number of hydrogen-bond acceptors (Lipinski definition) is 4. The van der Waals surface area contributed by atoms with Crippen molar-refractivity contribution in [3.05, 3.63) is 39.9 Å². The van der Waals surface area contributed by atoms with Crippen LogP contribution in [0.15, 0.2) is 29.4 Å². The van der Waals surface area contributed by atoms with Crippen LogP contribution in [0.2, 0.25) is 0 Å². The Morgan fingerprint density at radius 2 is 2.25 bits per heavy atom. The van der Waals surface area contributed by atoms with Crippen molar-refractivity contribution in [3.8, 4) is 0 Å². The number of nitro benzene ring substituents is 1. The Hall–Kier alpha value is -2.44. The van der Waals surface area contributed by atoms with Gasteiger partial charge in [-0.25, -0.2) is 5.43 Å². The highest BCUT2D eigenvalue weighted by Crippen LogP contribution is 2.22. The molecule has 1 rings (SSSR count). The van der Waals surface area contributed by atoms with Crippen molar-refractivity contribution in [2.75, 3.05) is 14.1 Å². The van der Waals surface area contributed by atoms with E-state index in [1.807, 2.05) is 6.92 Å². The molecule has 0 aliphatic carbocycles. The van der Waals surface area contributed by atoms with Crippen LogP contribution in [0.25, 0.3) is 0 Å². The Kier molecular flexibility index (Phi) is 5.64. The van der Waals surface area contributed by atoms with Crippen LogP contribution in [0.5, 0.6) is 0 Å². The number of carbonyl (C=O) groups is 1. The maximum Gasteiger partial charge on any atom is 0.269 e. The van der Waals surface area contributed by atoms with Crippen molar-refractivity contribution in [3.63, 3.8) is 0 Å². The maximum absolute atomic E-state index is 11.6. The predicted molar refractivity (Wildman–Crippen MR) is 76.5 cm³/mol. The molecule has 1 N–H and O–H groups in total. The molecule has 108 valence electrons. The maximum atomic E-state index is 11.6. The molecule has 0 bridgehead atoms. The molecular formula is C13H18N4O3. The SMILES string of the molecule is CC(CC(=O)N/N=C/N(C)C)c1cccc([N+](=O)[O-])c1. The summed E-state index contributed by atoms with van der Waals surface area (Å²) < 4.78 is 0. The Morgan fingerprint density at radius 1 is 1.55 bits per heavy atom. The third-order valence-corrected chi connectivity index (χ3v) is 2.62. The normalized spacial score (nSPS) is 12.2. The highest BCUT2D eigenvalue weighted by Gasteiger charge is 2.14. The molecule has 20 heavy (non-hydrogen) atoms. The molecule has 0 spiro atoms. The molecule has 7 nitrogen and oxygen atoms in total. The quantitative estimate of drug-likeness (QED) is 0.371. The van der Waals surface area contributed by atoms with Crippen LogP contribution in [0.1, 0.15) is 24.8 Å². The van der Waals surface area contributed by atoms with Crippen LogP contribution < -0.4 is 5.43 Å². The van der Waals surface area contributed by atoms with Crippen LogP contribution >= 0.6 is 0 Å². The lowest BCUT2D eigenvalue weighted by Crippen LogP contribution is -2.21. The minimum Gasteiger partial charge on any atom is -0.367 e. The summed E-state index contributed by atoms with van der Waals surface area (Å²) in [7, 11) is 3.59. The van der Waals surface area contributed by atoms with E-state index in [-0.39, 0.29) is 23.9 Å². The average molecular weight is 278 g/mol. The van der Waals surface area contributed by atoms with Crippen molar-refractivity contribution < 1.29 is 9.72 Å². The van der Waals surface area contributed by atoms with Gasteiger partial charge in [0.05, 0.1) is 4.92 Å². The standard InChI is InChI=1S/C13H18N4O3/c1-10(7-13(18)15-14-9-16(2)3)11-5-4-6-12(8-11)17(19)20/h4-6,8-10H,7H2,1-3H3,(H,15,18)/b14-9+. The average Bonchev–Trinajstić information content (AvgIpc) is 2.38. The predicted octanol–water partition coefficient (Wildman–Crippen LogP) is 1.71. The number of nitro groups is 1. The van der Waals surface area contributed by atoms with Gasteiger partial charge in [0, 0.05) is 32.6 Å². The third-order valence-electron chi connectivity index (χ3n) is 2.62. The lowest BCUT2D eigenvalue weighted by atomic mass is 9.97. The van der Waals surface area contributed by atoms with E-state index in [0.717, 1.165) is 5.56 Å². The Labute approximate surface area is 117 Å². The van der Waals surface area contributed by atoms with Crippen molar-refractivity contribution in [2.45, 2.75) is 19.3 Å². The molecule has 0 aliphatic heterocycles. The number of hydrogen-bond donors (Lipinski definition) is 1. The Balaban J connectivity index is 2.62. The van der Waals surface area contributed by atoms with Crippen LogP contribution in [0.4, 0.5) is 5.69 Å². The molecule has 7 heteroatoms. The van der Waals surface area contributed by atoms with Crippen molar-refractivity contribution in [2.24, 2.45) is 5.10 Å². The first-order chi connectivity index (χ1) is 9.40. The summed E-state index contributed by atoms with van der Waals surface area (Å²) in [4.78, 5) is 23.6. The number of non-ortho nitro benzene ring substituents is 1. The molecule has 0 radical (unpaired) electrons. The van der Waals surface area contributed by atoms with E-state index in [1.54, 1.807) is 31.1 Å². The van der Waals surface area contributed by atoms with Crippen LogP contribution in [0.3, 0.4) is 0 Å². The summed E-state index contributed by atoms with van der Waals surface area (Å²) >= 11 is 0. The second kappa shape index (κ2) is 7.22. The van der Waals surface area contributed by atoms with Gasteiger partial charge in [0.1, 0.15) is 6.34 Å². The van der Waals surface area contributed by atoms with E-state index < -0.39 is 4.92 Å². The van der Waals surface area contributed by atoms with Gasteiger partial charge < -0.3 is 4.90 Å². The second-order valence-electron chi connectivity index (χ2n) is 4.70. The molecule has 1 aromatic rings. The van der Waals surface area contributed by atoms with E-state index in [4.69, 9.17) is 0 Å². The van der Waals surface area contributed by atoms with Gasteiger partial charge in [0.2, 0.25) is 5.91 Å². The molecule has 0 saturated heterocycles. The highest BCUT2D eigenvalue weighted by atomic mass is 16.6. The van der Waals surface area contributed by atoms with Gasteiger partial charge in [-0.3, -0.25) is 14.9 Å². The minimum atomic E-state index is -0.447. The number of carbonyl (C=O) groups excluding carboxylic acids is 1. The topological polar surface area (TPSA) is 87.8 Å². The van der Waals surface area contributed by atoms with E-state index in [2.05, 4.69) is 10.5 Å². The van der Waals surface area contributed by atoms with Crippen LogP contribution in [-0.2, 0) is 4.79 Å². The van der Waals surface area contributed by atoms with Crippen LogP contribution in [0, 0.1) is 10.1 Å². The van der Waals surface area contributed by atoms with Gasteiger partial charge >= 0.3 is 0 Å². The van der Waals surface area contributed by atoms with Crippen molar-refractivity contribution >= 4 is 17.9 Å². The van der Waals surface area contributed by atoms with E-state index >= 15 is 0 Å². The molecule has 1 aromatic carbocycles. The second-order valence-corrected chi connectivity index (χ2v) is 4.70. The molecule has 0 aliphatic rings. The zero-order valence-corrected chi connectivity index (χ0v) is 11.7. The van der Waals surface area contributed by atoms with Gasteiger partial charge in [0.25, 0.3) is 5.69 Å². The number of hydrazone groups is 1. The largest absolute Gasteiger partial charge is 0.367 e. The first-order valence-electron chi connectivity index (χ1n) is 6.13. The fourth-order valence-electron chi connectivity index (χ4n) is 1.60. The molecule has 0 heterocycles. The first-order valence-corrected chi connectivity index (χ1v) is 6.13. The highest BCUT2D eigenvalue weighted by molar-refractivity contribution is 5.77.